The van der Waals surface area contributed by atoms with E-state index in [1.165, 1.54) is 7.11 Å². The molecule has 8 heteroatoms. The Balaban J connectivity index is 1.43. The summed E-state index contributed by atoms with van der Waals surface area (Å²) < 4.78 is 11.2. The van der Waals surface area contributed by atoms with Crippen LogP contribution in [-0.2, 0) is 24.5 Å². The van der Waals surface area contributed by atoms with Crippen LogP contribution in [0.25, 0.3) is 11.3 Å². The monoisotopic (exact) mass is 490 g/mol. The van der Waals surface area contributed by atoms with Gasteiger partial charge in [-0.15, -0.1) is 0 Å². The number of ether oxygens (including phenoxy) is 1. The Morgan fingerprint density at radius 1 is 1.14 bits per heavy atom. The van der Waals surface area contributed by atoms with E-state index in [-0.39, 0.29) is 11.8 Å². The Kier molecular flexibility index (Phi) is 5.00. The molecule has 3 aliphatic heterocycles. The zero-order chi connectivity index (χ0) is 24.3. The van der Waals surface area contributed by atoms with Gasteiger partial charge in [0, 0.05) is 28.7 Å². The van der Waals surface area contributed by atoms with Gasteiger partial charge in [-0.05, 0) is 48.7 Å². The number of hydrogen-bond donors (Lipinski definition) is 1. The zero-order valence-corrected chi connectivity index (χ0v) is 19.7. The van der Waals surface area contributed by atoms with E-state index >= 15 is 0 Å². The van der Waals surface area contributed by atoms with Gasteiger partial charge in [0.15, 0.2) is 0 Å². The van der Waals surface area contributed by atoms with Crippen molar-refractivity contribution in [2.45, 2.75) is 30.2 Å². The van der Waals surface area contributed by atoms with Crippen LogP contribution in [0.15, 0.2) is 65.1 Å². The number of fused-ring (bicyclic) bond motifs is 4. The molecule has 3 aromatic rings. The van der Waals surface area contributed by atoms with Gasteiger partial charge in [-0.3, -0.25) is 14.4 Å². The number of carbonyl (C=O) groups is 3. The van der Waals surface area contributed by atoms with E-state index < -0.39 is 29.3 Å². The number of nitrogens with zero attached hydrogens (tertiary/aromatic N) is 1. The quantitative estimate of drug-likeness (QED) is 0.435. The first-order chi connectivity index (χ1) is 16.9. The van der Waals surface area contributed by atoms with Gasteiger partial charge in [0.25, 0.3) is 0 Å². The van der Waals surface area contributed by atoms with E-state index in [0.29, 0.717) is 35.9 Å². The molecule has 1 N–H and O–H groups in total. The number of benzene rings is 2. The average molecular weight is 491 g/mol. The van der Waals surface area contributed by atoms with Crippen LogP contribution in [0.3, 0.4) is 0 Å². The molecule has 0 saturated carbocycles. The van der Waals surface area contributed by atoms with Crippen LogP contribution >= 0.6 is 11.6 Å². The van der Waals surface area contributed by atoms with Gasteiger partial charge in [0.2, 0.25) is 11.8 Å². The second-order valence-electron chi connectivity index (χ2n) is 9.32. The normalized spacial score (nSPS) is 27.0. The number of carbonyl (C=O) groups excluding carboxylic acids is 3. The summed E-state index contributed by atoms with van der Waals surface area (Å²) in [7, 11) is 1.28. The van der Waals surface area contributed by atoms with Crippen molar-refractivity contribution in [3.05, 3.63) is 77.0 Å². The molecule has 178 valence electrons. The Morgan fingerprint density at radius 2 is 1.97 bits per heavy atom. The summed E-state index contributed by atoms with van der Waals surface area (Å²) in [6.07, 6.45) is 0.897. The van der Waals surface area contributed by atoms with E-state index in [1.54, 1.807) is 23.1 Å². The molecule has 0 radical (unpaired) electrons. The number of halogens is 1. The van der Waals surface area contributed by atoms with Crippen LogP contribution in [0.5, 0.6) is 0 Å². The highest BCUT2D eigenvalue weighted by atomic mass is 35.5. The standard InChI is InChI=1S/C27H23ClN2O5/c1-34-25(32)23-17(21-10-9-20(35-21)15-5-4-6-16(28)13-15)14-22-27(11-12-30(22)24(23)31)18-7-2-3-8-19(18)29-26(27)33/h2-10,13,17,22-23H,11-12,14H2,1H3,(H,29,33)/t17-,22-,23-,27-/m0/s1. The molecule has 4 heterocycles. The fraction of sp³-hybridized carbons (Fsp3) is 0.296. The number of rotatable bonds is 3. The van der Waals surface area contributed by atoms with Gasteiger partial charge in [0.05, 0.1) is 18.6 Å². The molecule has 0 bridgehead atoms. The van der Waals surface area contributed by atoms with Crippen LogP contribution in [0.4, 0.5) is 5.69 Å². The molecule has 2 amide bonds. The van der Waals surface area contributed by atoms with Crippen molar-refractivity contribution in [3.8, 4) is 11.3 Å². The Hall–Kier alpha value is -3.58. The minimum atomic E-state index is -1.04. The number of anilines is 1. The largest absolute Gasteiger partial charge is 0.468 e. The smallest absolute Gasteiger partial charge is 0.318 e. The molecule has 0 aliphatic carbocycles. The molecule has 7 nitrogen and oxygen atoms in total. The van der Waals surface area contributed by atoms with Crippen molar-refractivity contribution in [3.63, 3.8) is 0 Å². The number of para-hydroxylation sites is 1. The molecule has 2 aromatic carbocycles. The fourth-order valence-electron chi connectivity index (χ4n) is 6.14. The Labute approximate surface area is 207 Å². The maximum atomic E-state index is 13.7. The molecule has 2 saturated heterocycles. The molecule has 1 spiro atoms. The van der Waals surface area contributed by atoms with Crippen molar-refractivity contribution in [2.24, 2.45) is 5.92 Å². The van der Waals surface area contributed by atoms with Crippen LogP contribution in [0.2, 0.25) is 5.02 Å². The maximum Gasteiger partial charge on any atom is 0.318 e. The number of amides is 2. The van der Waals surface area contributed by atoms with Gasteiger partial charge < -0.3 is 19.4 Å². The minimum Gasteiger partial charge on any atom is -0.468 e. The minimum absolute atomic E-state index is 0.103. The van der Waals surface area contributed by atoms with Gasteiger partial charge in [-0.25, -0.2) is 0 Å². The first kappa shape index (κ1) is 21.9. The van der Waals surface area contributed by atoms with E-state index in [9.17, 15) is 14.4 Å². The third-order valence-corrected chi connectivity index (χ3v) is 7.97. The number of methoxy groups -OCH3 is 1. The van der Waals surface area contributed by atoms with Crippen LogP contribution < -0.4 is 5.32 Å². The Bertz CT molecular complexity index is 1370. The van der Waals surface area contributed by atoms with Gasteiger partial charge in [0.1, 0.15) is 17.4 Å². The topological polar surface area (TPSA) is 88.9 Å². The maximum absolute atomic E-state index is 13.7. The van der Waals surface area contributed by atoms with E-state index in [2.05, 4.69) is 5.32 Å². The van der Waals surface area contributed by atoms with Crippen LogP contribution in [0, 0.1) is 5.92 Å². The number of furan rings is 1. The highest BCUT2D eigenvalue weighted by Gasteiger charge is 2.63. The molecule has 0 unspecified atom stereocenters. The molecule has 2 fully saturated rings. The third kappa shape index (κ3) is 3.14. The number of nitrogens with one attached hydrogen (secondary N) is 1. The molecular formula is C27H23ClN2O5. The van der Waals surface area contributed by atoms with Crippen LogP contribution in [0.1, 0.15) is 30.1 Å². The number of esters is 1. The highest BCUT2D eigenvalue weighted by Crippen LogP contribution is 2.54. The molecule has 35 heavy (non-hydrogen) atoms. The van der Waals surface area contributed by atoms with E-state index in [4.69, 9.17) is 20.8 Å². The predicted octanol–water partition coefficient (Wildman–Crippen LogP) is 4.37. The first-order valence-corrected chi connectivity index (χ1v) is 12.0. The summed E-state index contributed by atoms with van der Waals surface area (Å²) in [5, 5.41) is 3.58. The second-order valence-corrected chi connectivity index (χ2v) is 9.76. The molecule has 4 atom stereocenters. The summed E-state index contributed by atoms with van der Waals surface area (Å²) in [5.74, 6) is -1.54. The van der Waals surface area contributed by atoms with Crippen molar-refractivity contribution in [1.29, 1.82) is 0 Å². The molecule has 1 aromatic heterocycles. The van der Waals surface area contributed by atoms with Gasteiger partial charge in [-0.1, -0.05) is 41.9 Å². The lowest BCUT2D eigenvalue weighted by Crippen LogP contribution is -2.56. The second kappa shape index (κ2) is 7.99. The van der Waals surface area contributed by atoms with Crippen molar-refractivity contribution < 1.29 is 23.5 Å². The summed E-state index contributed by atoms with van der Waals surface area (Å²) in [6.45, 7) is 0.400. The summed E-state index contributed by atoms with van der Waals surface area (Å²) in [4.78, 5) is 41.6. The average Bonchev–Trinajstić information content (AvgIpc) is 3.56. The summed E-state index contributed by atoms with van der Waals surface area (Å²) >= 11 is 6.15. The van der Waals surface area contributed by atoms with Crippen LogP contribution in [-0.4, -0.2) is 42.4 Å². The SMILES string of the molecule is COC(=O)[C@@H]1C(=O)N2CC[C@@]3(C(=O)Nc4ccccc43)[C@@H]2C[C@H]1c1ccc(-c2cccc(Cl)c2)o1. The lowest BCUT2D eigenvalue weighted by molar-refractivity contribution is -0.159. The van der Waals surface area contributed by atoms with Crippen molar-refractivity contribution >= 4 is 35.1 Å². The van der Waals surface area contributed by atoms with Crippen molar-refractivity contribution in [1.82, 2.24) is 4.90 Å². The molecule has 6 rings (SSSR count). The van der Waals surface area contributed by atoms with Crippen molar-refractivity contribution in [2.75, 3.05) is 19.0 Å². The lowest BCUT2D eigenvalue weighted by atomic mass is 9.68. The molecule has 3 aliphatic rings. The van der Waals surface area contributed by atoms with E-state index in [1.807, 2.05) is 42.5 Å². The molecular weight excluding hydrogens is 468 g/mol. The van der Waals surface area contributed by atoms with E-state index in [0.717, 1.165) is 16.8 Å². The Morgan fingerprint density at radius 3 is 2.77 bits per heavy atom. The zero-order valence-electron chi connectivity index (χ0n) is 19.0. The summed E-state index contributed by atoms with van der Waals surface area (Å²) in [6, 6.07) is 18.1. The third-order valence-electron chi connectivity index (χ3n) is 7.74. The lowest BCUT2D eigenvalue weighted by Gasteiger charge is -2.42. The number of hydrogen-bond acceptors (Lipinski definition) is 5. The highest BCUT2D eigenvalue weighted by molar-refractivity contribution is 6.30. The number of piperidine rings is 1. The van der Waals surface area contributed by atoms with Gasteiger partial charge in [-0.2, -0.15) is 0 Å². The summed E-state index contributed by atoms with van der Waals surface area (Å²) in [5.41, 5.74) is 1.62. The predicted molar refractivity (Wildman–Crippen MR) is 129 cm³/mol. The van der Waals surface area contributed by atoms with Gasteiger partial charge >= 0.3 is 5.97 Å². The fourth-order valence-corrected chi connectivity index (χ4v) is 6.33. The first-order valence-electron chi connectivity index (χ1n) is 11.6.